The van der Waals surface area contributed by atoms with Crippen LogP contribution in [0.15, 0.2) is 41.3 Å². The summed E-state index contributed by atoms with van der Waals surface area (Å²) in [7, 11) is -4.07. The molecule has 2 aromatic rings. The van der Waals surface area contributed by atoms with Crippen LogP contribution >= 0.6 is 11.6 Å². The van der Waals surface area contributed by atoms with Gasteiger partial charge in [-0.1, -0.05) is 11.6 Å². The van der Waals surface area contributed by atoms with E-state index in [1.807, 2.05) is 0 Å². The number of anilines is 1. The fourth-order valence-electron chi connectivity index (χ4n) is 2.16. The zero-order chi connectivity index (χ0) is 17.3. The molecule has 1 aliphatic rings. The number of sulfonamides is 1. The molecular weight excluding hydrogens is 358 g/mol. The Labute approximate surface area is 142 Å². The Morgan fingerprint density at radius 3 is 2.50 bits per heavy atom. The molecular formula is C15H12ClNO6S. The predicted octanol–water partition coefficient (Wildman–Crippen LogP) is 2.61. The monoisotopic (exact) mass is 369 g/mol. The highest BCUT2D eigenvalue weighted by Crippen LogP contribution is 2.34. The molecule has 0 radical (unpaired) electrons. The van der Waals surface area contributed by atoms with Gasteiger partial charge in [-0.05, 0) is 30.3 Å². The molecule has 0 atom stereocenters. The number of carboxylic acids is 1. The number of carbonyl (C=O) groups is 1. The van der Waals surface area contributed by atoms with Gasteiger partial charge in [0.1, 0.15) is 18.1 Å². The highest BCUT2D eigenvalue weighted by atomic mass is 35.5. The number of benzene rings is 2. The molecule has 7 nitrogen and oxygen atoms in total. The van der Waals surface area contributed by atoms with E-state index in [1.165, 1.54) is 24.3 Å². The summed E-state index contributed by atoms with van der Waals surface area (Å²) in [5.41, 5.74) is 0.0676. The van der Waals surface area contributed by atoms with Crippen molar-refractivity contribution >= 4 is 33.3 Å². The molecule has 3 rings (SSSR count). The molecule has 0 bridgehead atoms. The molecule has 24 heavy (non-hydrogen) atoms. The lowest BCUT2D eigenvalue weighted by atomic mass is 10.2. The summed E-state index contributed by atoms with van der Waals surface area (Å²) in [6.45, 7) is 0.797. The summed E-state index contributed by atoms with van der Waals surface area (Å²) in [6.07, 6.45) is 0. The summed E-state index contributed by atoms with van der Waals surface area (Å²) in [4.78, 5) is 10.7. The van der Waals surface area contributed by atoms with E-state index in [4.69, 9.17) is 26.2 Å². The van der Waals surface area contributed by atoms with Gasteiger partial charge in [0.25, 0.3) is 10.0 Å². The minimum absolute atomic E-state index is 0.0787. The highest BCUT2D eigenvalue weighted by molar-refractivity contribution is 7.92. The van der Waals surface area contributed by atoms with Gasteiger partial charge in [-0.15, -0.1) is 0 Å². The first kappa shape index (κ1) is 16.4. The fourth-order valence-corrected chi connectivity index (χ4v) is 3.74. The molecule has 0 unspecified atom stereocenters. The van der Waals surface area contributed by atoms with Crippen LogP contribution in [0, 0.1) is 0 Å². The first-order chi connectivity index (χ1) is 11.4. The fraction of sp³-hybridized carbons (Fsp3) is 0.133. The maximum absolute atomic E-state index is 12.5. The minimum atomic E-state index is -4.07. The standard InChI is InChI=1S/C15H12ClNO6S/c16-11-3-1-9(15(18)19)7-14(11)24(20,21)17-10-2-4-12-13(8-10)23-6-5-22-12/h1-4,7-8,17H,5-6H2,(H,18,19). The summed E-state index contributed by atoms with van der Waals surface area (Å²) < 4.78 is 38.1. The second-order valence-electron chi connectivity index (χ2n) is 4.91. The number of rotatable bonds is 4. The quantitative estimate of drug-likeness (QED) is 0.858. The lowest BCUT2D eigenvalue weighted by molar-refractivity contribution is 0.0696. The third kappa shape index (κ3) is 3.24. The van der Waals surface area contributed by atoms with Crippen molar-refractivity contribution in [2.75, 3.05) is 17.9 Å². The Balaban J connectivity index is 1.94. The molecule has 1 aliphatic heterocycles. The van der Waals surface area contributed by atoms with E-state index in [-0.39, 0.29) is 21.2 Å². The van der Waals surface area contributed by atoms with Crippen molar-refractivity contribution in [2.24, 2.45) is 0 Å². The molecule has 9 heteroatoms. The minimum Gasteiger partial charge on any atom is -0.486 e. The number of fused-ring (bicyclic) bond motifs is 1. The topological polar surface area (TPSA) is 102 Å². The number of hydrogen-bond acceptors (Lipinski definition) is 5. The van der Waals surface area contributed by atoms with Crippen molar-refractivity contribution in [1.82, 2.24) is 0 Å². The van der Waals surface area contributed by atoms with E-state index in [0.717, 1.165) is 6.07 Å². The van der Waals surface area contributed by atoms with Crippen LogP contribution in [0.4, 0.5) is 5.69 Å². The van der Waals surface area contributed by atoms with E-state index in [1.54, 1.807) is 6.07 Å². The zero-order valence-corrected chi connectivity index (χ0v) is 13.7. The number of carboxylic acid groups (broad SMARTS) is 1. The van der Waals surface area contributed by atoms with E-state index in [9.17, 15) is 13.2 Å². The zero-order valence-electron chi connectivity index (χ0n) is 12.2. The Kier molecular flexibility index (Phi) is 4.25. The van der Waals surface area contributed by atoms with Crippen LogP contribution in [-0.4, -0.2) is 32.7 Å². The molecule has 0 aliphatic carbocycles. The summed E-state index contributed by atoms with van der Waals surface area (Å²) in [6, 6.07) is 8.05. The van der Waals surface area contributed by atoms with Crippen LogP contribution in [0.25, 0.3) is 0 Å². The average molecular weight is 370 g/mol. The van der Waals surface area contributed by atoms with Gasteiger partial charge in [-0.2, -0.15) is 0 Å². The summed E-state index contributed by atoms with van der Waals surface area (Å²) in [5, 5.41) is 8.92. The van der Waals surface area contributed by atoms with Gasteiger partial charge in [0.05, 0.1) is 16.3 Å². The Hall–Kier alpha value is -2.45. The molecule has 0 saturated carbocycles. The van der Waals surface area contributed by atoms with Crippen molar-refractivity contribution in [2.45, 2.75) is 4.90 Å². The third-order valence-electron chi connectivity index (χ3n) is 3.26. The third-order valence-corrected chi connectivity index (χ3v) is 5.12. The molecule has 2 N–H and O–H groups in total. The number of halogens is 1. The molecule has 126 valence electrons. The van der Waals surface area contributed by atoms with Gasteiger partial charge in [0.15, 0.2) is 11.5 Å². The lowest BCUT2D eigenvalue weighted by Crippen LogP contribution is -2.17. The van der Waals surface area contributed by atoms with Gasteiger partial charge in [-0.25, -0.2) is 13.2 Å². The Morgan fingerprint density at radius 2 is 1.79 bits per heavy atom. The molecule has 0 aromatic heterocycles. The van der Waals surface area contributed by atoms with Crippen LogP contribution < -0.4 is 14.2 Å². The average Bonchev–Trinajstić information content (AvgIpc) is 2.54. The largest absolute Gasteiger partial charge is 0.486 e. The van der Waals surface area contributed by atoms with Crippen LogP contribution in [0.3, 0.4) is 0 Å². The molecule has 0 spiro atoms. The van der Waals surface area contributed by atoms with Gasteiger partial charge in [-0.3, -0.25) is 4.72 Å². The molecule has 0 amide bonds. The van der Waals surface area contributed by atoms with Gasteiger partial charge in [0, 0.05) is 6.07 Å². The van der Waals surface area contributed by atoms with Crippen LogP contribution in [-0.2, 0) is 10.0 Å². The smallest absolute Gasteiger partial charge is 0.335 e. The van der Waals surface area contributed by atoms with Crippen molar-refractivity contribution in [1.29, 1.82) is 0 Å². The molecule has 2 aromatic carbocycles. The normalized spacial score (nSPS) is 13.4. The molecule has 0 saturated heterocycles. The van der Waals surface area contributed by atoms with Gasteiger partial charge >= 0.3 is 5.97 Å². The number of nitrogens with one attached hydrogen (secondary N) is 1. The SMILES string of the molecule is O=C(O)c1ccc(Cl)c(S(=O)(=O)Nc2ccc3c(c2)OCCO3)c1. The van der Waals surface area contributed by atoms with Crippen molar-refractivity contribution in [3.63, 3.8) is 0 Å². The van der Waals surface area contributed by atoms with Crippen LogP contribution in [0.5, 0.6) is 11.5 Å². The molecule has 1 heterocycles. The van der Waals surface area contributed by atoms with Gasteiger partial charge in [0.2, 0.25) is 0 Å². The van der Waals surface area contributed by atoms with Crippen LogP contribution in [0.1, 0.15) is 10.4 Å². The first-order valence-electron chi connectivity index (χ1n) is 6.82. The van der Waals surface area contributed by atoms with Gasteiger partial charge < -0.3 is 14.6 Å². The second kappa shape index (κ2) is 6.21. The number of ether oxygens (including phenoxy) is 2. The van der Waals surface area contributed by atoms with Crippen molar-refractivity contribution < 1.29 is 27.8 Å². The number of aromatic carboxylic acids is 1. The van der Waals surface area contributed by atoms with E-state index >= 15 is 0 Å². The van der Waals surface area contributed by atoms with Crippen molar-refractivity contribution in [3.8, 4) is 11.5 Å². The van der Waals surface area contributed by atoms with E-state index < -0.39 is 16.0 Å². The summed E-state index contributed by atoms with van der Waals surface area (Å²) >= 11 is 5.91. The summed E-state index contributed by atoms with van der Waals surface area (Å²) in [5.74, 6) is -0.301. The van der Waals surface area contributed by atoms with Crippen LogP contribution in [0.2, 0.25) is 5.02 Å². The van der Waals surface area contributed by atoms with E-state index in [2.05, 4.69) is 4.72 Å². The van der Waals surface area contributed by atoms with E-state index in [0.29, 0.717) is 24.7 Å². The number of hydrogen-bond donors (Lipinski definition) is 2. The predicted molar refractivity (Wildman–Crippen MR) is 86.7 cm³/mol. The maximum atomic E-state index is 12.5. The molecule has 0 fully saturated rings. The Morgan fingerprint density at radius 1 is 1.08 bits per heavy atom. The first-order valence-corrected chi connectivity index (χ1v) is 8.68. The maximum Gasteiger partial charge on any atom is 0.335 e. The highest BCUT2D eigenvalue weighted by Gasteiger charge is 2.21. The van der Waals surface area contributed by atoms with Crippen molar-refractivity contribution in [3.05, 3.63) is 47.0 Å². The lowest BCUT2D eigenvalue weighted by Gasteiger charge is -2.19. The second-order valence-corrected chi connectivity index (χ2v) is 6.97. The Bertz CT molecular complexity index is 912.